The number of rotatable bonds is 6. The van der Waals surface area contributed by atoms with Gasteiger partial charge in [-0.3, -0.25) is 9.69 Å². The van der Waals surface area contributed by atoms with Crippen molar-refractivity contribution >= 4 is 11.6 Å². The Morgan fingerprint density at radius 3 is 2.64 bits per heavy atom. The quantitative estimate of drug-likeness (QED) is 0.681. The van der Waals surface area contributed by atoms with E-state index >= 15 is 0 Å². The minimum atomic E-state index is -0.734. The molecular weight excluding hydrogens is 421 g/mol. The molecule has 5 rings (SSSR count). The molecule has 4 aliphatic rings. The molecule has 1 aromatic rings. The van der Waals surface area contributed by atoms with Crippen molar-refractivity contribution in [3.05, 3.63) is 29.6 Å². The first-order chi connectivity index (χ1) is 16.1. The zero-order valence-corrected chi connectivity index (χ0v) is 19.1. The normalized spacial score (nSPS) is 29.1. The van der Waals surface area contributed by atoms with Crippen LogP contribution in [0.4, 0.5) is 10.1 Å². The van der Waals surface area contributed by atoms with Crippen LogP contribution >= 0.6 is 0 Å². The minimum absolute atomic E-state index is 0.131. The van der Waals surface area contributed by atoms with Crippen molar-refractivity contribution in [2.24, 2.45) is 5.92 Å². The van der Waals surface area contributed by atoms with E-state index in [2.05, 4.69) is 26.5 Å². The molecule has 4 fully saturated rings. The van der Waals surface area contributed by atoms with Gasteiger partial charge in [-0.25, -0.2) is 4.39 Å². The highest BCUT2D eigenvalue weighted by atomic mass is 19.1. The van der Waals surface area contributed by atoms with Gasteiger partial charge in [0.1, 0.15) is 11.9 Å². The van der Waals surface area contributed by atoms with Crippen LogP contribution in [0.25, 0.3) is 0 Å². The maximum Gasteiger partial charge on any atom is 0.238 e. The predicted octanol–water partition coefficient (Wildman–Crippen LogP) is 1.82. The standard InChI is InChI=1S/C25H34FN5O2/c26-23-15-22(31-9-7-30(8-10-31)21-5-11-33-12-6-21)4-2-17(23)13-20(16-27)29-25(32)24-18-1-3-19(14-18)28-24/h2,4,15,18-21,24,28H,1,3,5-14H2,(H,29,32). The average Bonchev–Trinajstić information content (AvgIpc) is 3.49. The fraction of sp³-hybridized carbons (Fsp3) is 0.680. The van der Waals surface area contributed by atoms with Crippen LogP contribution in [-0.4, -0.2) is 74.4 Å². The van der Waals surface area contributed by atoms with Gasteiger partial charge in [0.15, 0.2) is 0 Å². The molecule has 0 aromatic heterocycles. The molecule has 1 aliphatic carbocycles. The van der Waals surface area contributed by atoms with E-state index in [4.69, 9.17) is 4.74 Å². The summed E-state index contributed by atoms with van der Waals surface area (Å²) in [7, 11) is 0. The predicted molar refractivity (Wildman–Crippen MR) is 123 cm³/mol. The maximum atomic E-state index is 14.9. The number of carbonyl (C=O) groups is 1. The number of piperidine rings is 1. The van der Waals surface area contributed by atoms with Gasteiger partial charge in [0, 0.05) is 63.6 Å². The number of benzene rings is 1. The molecule has 178 valence electrons. The second-order valence-corrected chi connectivity index (χ2v) is 9.95. The molecule has 33 heavy (non-hydrogen) atoms. The van der Waals surface area contributed by atoms with Gasteiger partial charge in [0.05, 0.1) is 12.1 Å². The first kappa shape index (κ1) is 22.6. The second kappa shape index (κ2) is 9.96. The van der Waals surface area contributed by atoms with Gasteiger partial charge in [0.2, 0.25) is 5.91 Å². The number of hydrogen-bond donors (Lipinski definition) is 2. The summed E-state index contributed by atoms with van der Waals surface area (Å²) in [6.45, 7) is 5.41. The fourth-order valence-corrected chi connectivity index (χ4v) is 6.05. The summed E-state index contributed by atoms with van der Waals surface area (Å²) >= 11 is 0. The molecule has 1 amide bonds. The summed E-state index contributed by atoms with van der Waals surface area (Å²) in [5.74, 6) is -0.0858. The Labute approximate surface area is 195 Å². The number of halogens is 1. The van der Waals surface area contributed by atoms with Crippen LogP contribution in [0, 0.1) is 23.1 Å². The van der Waals surface area contributed by atoms with Gasteiger partial charge in [-0.2, -0.15) is 5.26 Å². The zero-order chi connectivity index (χ0) is 22.8. The lowest BCUT2D eigenvalue weighted by Crippen LogP contribution is -2.51. The lowest BCUT2D eigenvalue weighted by atomic mass is 9.98. The molecule has 2 N–H and O–H groups in total. The van der Waals surface area contributed by atoms with Crippen LogP contribution in [0.1, 0.15) is 37.7 Å². The fourth-order valence-electron chi connectivity index (χ4n) is 6.05. The Bertz CT molecular complexity index is 891. The number of ether oxygens (including phenoxy) is 1. The topological polar surface area (TPSA) is 80.6 Å². The molecule has 0 spiro atoms. The van der Waals surface area contributed by atoms with Gasteiger partial charge >= 0.3 is 0 Å². The number of piperazine rings is 1. The zero-order valence-electron chi connectivity index (χ0n) is 19.1. The number of amides is 1. The van der Waals surface area contributed by atoms with Crippen molar-refractivity contribution < 1.29 is 13.9 Å². The van der Waals surface area contributed by atoms with Crippen LogP contribution in [0.2, 0.25) is 0 Å². The smallest absolute Gasteiger partial charge is 0.238 e. The van der Waals surface area contributed by atoms with Crippen molar-refractivity contribution in [3.8, 4) is 6.07 Å². The van der Waals surface area contributed by atoms with E-state index in [1.807, 2.05) is 6.07 Å². The molecule has 4 atom stereocenters. The number of nitriles is 1. The number of nitrogens with zero attached hydrogens (tertiary/aromatic N) is 3. The minimum Gasteiger partial charge on any atom is -0.381 e. The summed E-state index contributed by atoms with van der Waals surface area (Å²) in [6, 6.07) is 7.50. The lowest BCUT2D eigenvalue weighted by Gasteiger charge is -2.41. The highest BCUT2D eigenvalue weighted by molar-refractivity contribution is 5.83. The van der Waals surface area contributed by atoms with Crippen LogP contribution in [0.5, 0.6) is 0 Å². The average molecular weight is 456 g/mol. The SMILES string of the molecule is N#CC(Cc1ccc(N2CCN(C3CCOCC3)CC2)cc1F)NC(=O)C1NC2CCC1C2. The monoisotopic (exact) mass is 455 g/mol. The van der Waals surface area contributed by atoms with E-state index in [9.17, 15) is 14.4 Å². The van der Waals surface area contributed by atoms with Crippen molar-refractivity contribution in [1.82, 2.24) is 15.5 Å². The van der Waals surface area contributed by atoms with Crippen LogP contribution in [0.15, 0.2) is 18.2 Å². The number of fused-ring (bicyclic) bond motifs is 2. The molecule has 1 saturated carbocycles. The van der Waals surface area contributed by atoms with E-state index in [1.165, 1.54) is 0 Å². The summed E-state index contributed by atoms with van der Waals surface area (Å²) in [4.78, 5) is 17.4. The molecular formula is C25H34FN5O2. The largest absolute Gasteiger partial charge is 0.381 e. The molecule has 2 bridgehead atoms. The third-order valence-electron chi connectivity index (χ3n) is 7.96. The Morgan fingerprint density at radius 1 is 1.21 bits per heavy atom. The highest BCUT2D eigenvalue weighted by Crippen LogP contribution is 2.35. The molecule has 4 unspecified atom stereocenters. The Hall–Kier alpha value is -2.21. The summed E-state index contributed by atoms with van der Waals surface area (Å²) < 4.78 is 20.4. The molecule has 1 aromatic carbocycles. The third-order valence-corrected chi connectivity index (χ3v) is 7.96. The van der Waals surface area contributed by atoms with Gasteiger partial charge < -0.3 is 20.3 Å². The highest BCUT2D eigenvalue weighted by Gasteiger charge is 2.43. The van der Waals surface area contributed by atoms with Crippen LogP contribution in [-0.2, 0) is 16.0 Å². The van der Waals surface area contributed by atoms with E-state index in [0.717, 1.165) is 77.2 Å². The van der Waals surface area contributed by atoms with Crippen molar-refractivity contribution in [3.63, 3.8) is 0 Å². The maximum absolute atomic E-state index is 14.9. The summed E-state index contributed by atoms with van der Waals surface area (Å²) in [5, 5.41) is 15.7. The van der Waals surface area contributed by atoms with Gasteiger partial charge in [-0.1, -0.05) is 6.07 Å². The van der Waals surface area contributed by atoms with Crippen molar-refractivity contribution in [2.75, 3.05) is 44.3 Å². The van der Waals surface area contributed by atoms with E-state index < -0.39 is 6.04 Å². The van der Waals surface area contributed by atoms with Gasteiger partial charge in [-0.05, 0) is 55.7 Å². The summed E-state index contributed by atoms with van der Waals surface area (Å²) in [6.07, 6.45) is 5.59. The van der Waals surface area contributed by atoms with E-state index in [-0.39, 0.29) is 24.2 Å². The molecule has 8 heteroatoms. The number of anilines is 1. The first-order valence-corrected chi connectivity index (χ1v) is 12.4. The molecule has 7 nitrogen and oxygen atoms in total. The Morgan fingerprint density at radius 2 is 2.00 bits per heavy atom. The number of hydrogen-bond acceptors (Lipinski definition) is 6. The Kier molecular flexibility index (Phi) is 6.81. The van der Waals surface area contributed by atoms with Crippen LogP contribution in [0.3, 0.4) is 0 Å². The number of carbonyl (C=O) groups excluding carboxylic acids is 1. The second-order valence-electron chi connectivity index (χ2n) is 9.95. The van der Waals surface area contributed by atoms with Crippen molar-refractivity contribution in [1.29, 1.82) is 5.26 Å². The van der Waals surface area contributed by atoms with E-state index in [0.29, 0.717) is 23.6 Å². The van der Waals surface area contributed by atoms with Gasteiger partial charge in [-0.15, -0.1) is 0 Å². The van der Waals surface area contributed by atoms with Crippen LogP contribution < -0.4 is 15.5 Å². The molecule has 3 heterocycles. The molecule has 3 saturated heterocycles. The van der Waals surface area contributed by atoms with Crippen molar-refractivity contribution in [2.45, 2.75) is 62.7 Å². The first-order valence-electron chi connectivity index (χ1n) is 12.4. The van der Waals surface area contributed by atoms with E-state index in [1.54, 1.807) is 12.1 Å². The number of nitrogens with one attached hydrogen (secondary N) is 2. The van der Waals surface area contributed by atoms with Gasteiger partial charge in [0.25, 0.3) is 0 Å². The molecule has 3 aliphatic heterocycles. The molecule has 0 radical (unpaired) electrons. The third kappa shape index (κ3) is 5.01. The summed E-state index contributed by atoms with van der Waals surface area (Å²) in [5.41, 5.74) is 1.35. The lowest BCUT2D eigenvalue weighted by molar-refractivity contribution is -0.124. The Balaban J connectivity index is 1.15.